The van der Waals surface area contributed by atoms with Gasteiger partial charge in [-0.2, -0.15) is 0 Å². The fourth-order valence-corrected chi connectivity index (χ4v) is 2.15. The van der Waals surface area contributed by atoms with Gasteiger partial charge in [-0.25, -0.2) is 0 Å². The minimum absolute atomic E-state index is 0.0496. The van der Waals surface area contributed by atoms with Gasteiger partial charge in [0.2, 0.25) is 0 Å². The Balaban J connectivity index is 2.01. The van der Waals surface area contributed by atoms with Crippen molar-refractivity contribution in [2.45, 2.75) is 12.8 Å². The quantitative estimate of drug-likeness (QED) is 0.685. The van der Waals surface area contributed by atoms with Crippen LogP contribution in [0, 0.1) is 0 Å². The predicted octanol–water partition coefficient (Wildman–Crippen LogP) is 5.46. The van der Waals surface area contributed by atoms with Crippen LogP contribution in [0.3, 0.4) is 0 Å². The van der Waals surface area contributed by atoms with Gasteiger partial charge in [-0.3, -0.25) is 4.79 Å². The second-order valence-corrected chi connectivity index (χ2v) is 5.43. The maximum absolute atomic E-state index is 12.0. The summed E-state index contributed by atoms with van der Waals surface area (Å²) >= 11 is 17.5. The molecule has 0 unspecified atom stereocenters. The second-order valence-electron chi connectivity index (χ2n) is 4.18. The average Bonchev–Trinajstić information content (AvgIpc) is 2.41. The van der Waals surface area contributed by atoms with E-state index >= 15 is 0 Å². The first kappa shape index (κ1) is 14.4. The van der Waals surface area contributed by atoms with Crippen molar-refractivity contribution in [1.29, 1.82) is 0 Å². The van der Waals surface area contributed by atoms with Crippen molar-refractivity contribution < 1.29 is 4.79 Å². The highest BCUT2D eigenvalue weighted by Gasteiger charge is 2.08. The Morgan fingerprint density at radius 1 is 0.895 bits per heavy atom. The zero-order valence-electron chi connectivity index (χ0n) is 10.00. The van der Waals surface area contributed by atoms with E-state index in [0.29, 0.717) is 33.5 Å². The predicted molar refractivity (Wildman–Crippen MR) is 80.6 cm³/mol. The lowest BCUT2D eigenvalue weighted by Gasteiger charge is -2.03. The number of rotatable bonds is 4. The number of halogens is 3. The van der Waals surface area contributed by atoms with Crippen molar-refractivity contribution in [1.82, 2.24) is 0 Å². The summed E-state index contributed by atoms with van der Waals surface area (Å²) < 4.78 is 0. The van der Waals surface area contributed by atoms with E-state index in [2.05, 4.69) is 0 Å². The standard InChI is InChI=1S/C15H11Cl3O/c16-12-5-1-10(2-6-12)3-8-15(19)11-4-7-13(17)14(18)9-11/h1-2,4-7,9H,3,8H2. The van der Waals surface area contributed by atoms with Crippen molar-refractivity contribution in [3.63, 3.8) is 0 Å². The van der Waals surface area contributed by atoms with E-state index < -0.39 is 0 Å². The van der Waals surface area contributed by atoms with Gasteiger partial charge >= 0.3 is 0 Å². The third-order valence-electron chi connectivity index (χ3n) is 2.80. The molecule has 0 saturated heterocycles. The van der Waals surface area contributed by atoms with Crippen LogP contribution in [0.5, 0.6) is 0 Å². The lowest BCUT2D eigenvalue weighted by Crippen LogP contribution is -2.01. The molecule has 0 atom stereocenters. The average molecular weight is 314 g/mol. The van der Waals surface area contributed by atoms with Gasteiger partial charge in [0, 0.05) is 17.0 Å². The molecule has 0 bridgehead atoms. The van der Waals surface area contributed by atoms with E-state index in [1.807, 2.05) is 24.3 Å². The van der Waals surface area contributed by atoms with E-state index in [-0.39, 0.29) is 5.78 Å². The maximum Gasteiger partial charge on any atom is 0.163 e. The molecule has 0 radical (unpaired) electrons. The summed E-state index contributed by atoms with van der Waals surface area (Å²) in [4.78, 5) is 12.0. The molecular weight excluding hydrogens is 303 g/mol. The molecule has 1 nitrogen and oxygen atoms in total. The van der Waals surface area contributed by atoms with Crippen LogP contribution in [0.15, 0.2) is 42.5 Å². The molecule has 4 heteroatoms. The zero-order chi connectivity index (χ0) is 13.8. The molecule has 2 rings (SSSR count). The number of carbonyl (C=O) groups is 1. The van der Waals surface area contributed by atoms with Crippen molar-refractivity contribution in [3.05, 3.63) is 68.7 Å². The van der Waals surface area contributed by atoms with Crippen molar-refractivity contribution in [2.75, 3.05) is 0 Å². The smallest absolute Gasteiger partial charge is 0.163 e. The van der Waals surface area contributed by atoms with Crippen molar-refractivity contribution in [2.24, 2.45) is 0 Å². The number of carbonyl (C=O) groups excluding carboxylic acids is 1. The molecule has 0 aliphatic heterocycles. The van der Waals surface area contributed by atoms with Crippen LogP contribution in [0.2, 0.25) is 15.1 Å². The molecule has 0 aliphatic carbocycles. The van der Waals surface area contributed by atoms with Gasteiger partial charge in [0.25, 0.3) is 0 Å². The third kappa shape index (κ3) is 3.97. The monoisotopic (exact) mass is 312 g/mol. The molecule has 0 fully saturated rings. The van der Waals surface area contributed by atoms with E-state index in [1.54, 1.807) is 18.2 Å². The van der Waals surface area contributed by atoms with Crippen LogP contribution < -0.4 is 0 Å². The maximum atomic E-state index is 12.0. The highest BCUT2D eigenvalue weighted by Crippen LogP contribution is 2.23. The molecule has 0 spiro atoms. The van der Waals surface area contributed by atoms with Gasteiger partial charge in [0.15, 0.2) is 5.78 Å². The van der Waals surface area contributed by atoms with E-state index in [9.17, 15) is 4.79 Å². The van der Waals surface area contributed by atoms with Gasteiger partial charge < -0.3 is 0 Å². The summed E-state index contributed by atoms with van der Waals surface area (Å²) in [6.07, 6.45) is 1.11. The number of Topliss-reactive ketones (excluding diaryl/α,β-unsaturated/α-hetero) is 1. The Bertz CT molecular complexity index is 591. The molecule has 0 N–H and O–H groups in total. The summed E-state index contributed by atoms with van der Waals surface area (Å²) in [6, 6.07) is 12.4. The molecule has 0 amide bonds. The Hall–Kier alpha value is -1.02. The number of ketones is 1. The Labute approximate surface area is 127 Å². The summed E-state index contributed by atoms with van der Waals surface area (Å²) in [7, 11) is 0. The number of aryl methyl sites for hydroxylation is 1. The zero-order valence-corrected chi connectivity index (χ0v) is 12.3. The first-order valence-electron chi connectivity index (χ1n) is 5.79. The molecule has 0 aliphatic rings. The van der Waals surface area contributed by atoms with Crippen LogP contribution in [0.25, 0.3) is 0 Å². The highest BCUT2D eigenvalue weighted by atomic mass is 35.5. The number of hydrogen-bond acceptors (Lipinski definition) is 1. The summed E-state index contributed by atoms with van der Waals surface area (Å²) in [5.74, 6) is 0.0496. The van der Waals surface area contributed by atoms with E-state index in [4.69, 9.17) is 34.8 Å². The molecule has 19 heavy (non-hydrogen) atoms. The second kappa shape index (κ2) is 6.42. The summed E-state index contributed by atoms with van der Waals surface area (Å²) in [5, 5.41) is 1.55. The molecule has 2 aromatic rings. The minimum atomic E-state index is 0.0496. The molecule has 0 heterocycles. The van der Waals surface area contributed by atoms with Gasteiger partial charge in [0.1, 0.15) is 0 Å². The Morgan fingerprint density at radius 2 is 1.58 bits per heavy atom. The molecule has 98 valence electrons. The van der Waals surface area contributed by atoms with Crippen LogP contribution in [-0.2, 0) is 6.42 Å². The summed E-state index contributed by atoms with van der Waals surface area (Å²) in [6.45, 7) is 0. The lowest BCUT2D eigenvalue weighted by molar-refractivity contribution is 0.0983. The topological polar surface area (TPSA) is 17.1 Å². The molecule has 0 saturated carbocycles. The van der Waals surface area contributed by atoms with E-state index in [1.165, 1.54) is 0 Å². The van der Waals surface area contributed by atoms with Gasteiger partial charge in [-0.05, 0) is 42.3 Å². The summed E-state index contributed by atoms with van der Waals surface area (Å²) in [5.41, 5.74) is 1.67. The Morgan fingerprint density at radius 3 is 2.21 bits per heavy atom. The molecule has 2 aromatic carbocycles. The number of benzene rings is 2. The van der Waals surface area contributed by atoms with Gasteiger partial charge in [-0.1, -0.05) is 46.9 Å². The fraction of sp³-hybridized carbons (Fsp3) is 0.133. The van der Waals surface area contributed by atoms with Gasteiger partial charge in [0.05, 0.1) is 10.0 Å². The largest absolute Gasteiger partial charge is 0.294 e. The lowest BCUT2D eigenvalue weighted by atomic mass is 10.0. The highest BCUT2D eigenvalue weighted by molar-refractivity contribution is 6.42. The number of hydrogen-bond donors (Lipinski definition) is 0. The van der Waals surface area contributed by atoms with Crippen LogP contribution in [-0.4, -0.2) is 5.78 Å². The Kier molecular flexibility index (Phi) is 4.87. The SMILES string of the molecule is O=C(CCc1ccc(Cl)cc1)c1ccc(Cl)c(Cl)c1. The van der Waals surface area contributed by atoms with Crippen LogP contribution in [0.4, 0.5) is 0 Å². The normalized spacial score (nSPS) is 10.5. The fourth-order valence-electron chi connectivity index (χ4n) is 1.72. The van der Waals surface area contributed by atoms with Crippen LogP contribution >= 0.6 is 34.8 Å². The van der Waals surface area contributed by atoms with Gasteiger partial charge in [-0.15, -0.1) is 0 Å². The molecule has 0 aromatic heterocycles. The van der Waals surface area contributed by atoms with Crippen molar-refractivity contribution >= 4 is 40.6 Å². The van der Waals surface area contributed by atoms with Crippen LogP contribution in [0.1, 0.15) is 22.3 Å². The first-order chi connectivity index (χ1) is 9.06. The minimum Gasteiger partial charge on any atom is -0.294 e. The molecular formula is C15H11Cl3O. The van der Waals surface area contributed by atoms with Crippen molar-refractivity contribution in [3.8, 4) is 0 Å². The van der Waals surface area contributed by atoms with E-state index in [0.717, 1.165) is 5.56 Å². The first-order valence-corrected chi connectivity index (χ1v) is 6.92. The third-order valence-corrected chi connectivity index (χ3v) is 3.79.